The normalized spacial score (nSPS) is 10.5. The van der Waals surface area contributed by atoms with E-state index < -0.39 is 0 Å². The summed E-state index contributed by atoms with van der Waals surface area (Å²) in [5.41, 5.74) is 2.16. The molecule has 166 valence electrons. The van der Waals surface area contributed by atoms with Crippen LogP contribution in [0.5, 0.6) is 17.2 Å². The summed E-state index contributed by atoms with van der Waals surface area (Å²) in [6.07, 6.45) is 0. The monoisotopic (exact) mass is 455 g/mol. The second-order valence-corrected chi connectivity index (χ2v) is 8.27. The van der Waals surface area contributed by atoms with Gasteiger partial charge in [-0.05, 0) is 61.5 Å². The van der Waals surface area contributed by atoms with E-state index in [0.29, 0.717) is 35.1 Å². The molecule has 0 atom stereocenters. The molecule has 0 bridgehead atoms. The van der Waals surface area contributed by atoms with Gasteiger partial charge in [-0.15, -0.1) is 11.8 Å². The maximum Gasteiger partial charge on any atom is 0.255 e. The van der Waals surface area contributed by atoms with Crippen molar-refractivity contribution in [1.29, 1.82) is 0 Å². The molecular weight excluding hydrogens is 430 g/mol. The topological polar surface area (TPSA) is 47.6 Å². The van der Waals surface area contributed by atoms with E-state index in [1.54, 1.807) is 17.8 Å². The molecule has 0 fully saturated rings. The van der Waals surface area contributed by atoms with Gasteiger partial charge in [-0.3, -0.25) is 4.79 Å². The summed E-state index contributed by atoms with van der Waals surface area (Å²) in [6.45, 7) is 2.52. The standard InChI is InChI=1S/C28H25NO3S/c1-2-31-26-18-17-21(19-22(26)20-33-24-13-7-4-8-14-24)28(30)29-25-15-9-10-16-27(25)32-23-11-5-3-6-12-23/h3-19H,2,20H2,1H3,(H,29,30). The molecule has 0 aliphatic rings. The summed E-state index contributed by atoms with van der Waals surface area (Å²) < 4.78 is 11.8. The molecule has 0 saturated carbocycles. The largest absolute Gasteiger partial charge is 0.494 e. The van der Waals surface area contributed by atoms with Crippen molar-refractivity contribution >= 4 is 23.4 Å². The quantitative estimate of drug-likeness (QED) is 0.267. The summed E-state index contributed by atoms with van der Waals surface area (Å²) in [5, 5.41) is 2.99. The second kappa shape index (κ2) is 11.2. The Labute approximate surface area is 198 Å². The first-order chi connectivity index (χ1) is 16.2. The van der Waals surface area contributed by atoms with Gasteiger partial charge in [-0.25, -0.2) is 0 Å². The van der Waals surface area contributed by atoms with Gasteiger partial charge in [-0.1, -0.05) is 48.5 Å². The van der Waals surface area contributed by atoms with Crippen molar-refractivity contribution < 1.29 is 14.3 Å². The Morgan fingerprint density at radius 2 is 1.52 bits per heavy atom. The maximum atomic E-state index is 13.1. The zero-order valence-corrected chi connectivity index (χ0v) is 19.2. The summed E-state index contributed by atoms with van der Waals surface area (Å²) in [5.74, 6) is 2.59. The van der Waals surface area contributed by atoms with Crippen LogP contribution in [0.25, 0.3) is 0 Å². The Kier molecular flexibility index (Phi) is 7.67. The molecule has 0 spiro atoms. The van der Waals surface area contributed by atoms with Crippen LogP contribution in [0.15, 0.2) is 108 Å². The molecule has 0 aliphatic carbocycles. The molecule has 0 heterocycles. The van der Waals surface area contributed by atoms with Crippen LogP contribution in [0, 0.1) is 0 Å². The zero-order valence-electron chi connectivity index (χ0n) is 18.4. The van der Waals surface area contributed by atoms with Crippen molar-refractivity contribution in [3.63, 3.8) is 0 Å². The first kappa shape index (κ1) is 22.5. The highest BCUT2D eigenvalue weighted by atomic mass is 32.2. The number of para-hydroxylation sites is 3. The summed E-state index contributed by atoms with van der Waals surface area (Å²) in [6, 6.07) is 32.7. The van der Waals surface area contributed by atoms with Gasteiger partial charge in [0.05, 0.1) is 12.3 Å². The SMILES string of the molecule is CCOc1ccc(C(=O)Nc2ccccc2Oc2ccccc2)cc1CSc1ccccc1. The molecular formula is C28H25NO3S. The molecule has 4 aromatic rings. The van der Waals surface area contributed by atoms with Gasteiger partial charge < -0.3 is 14.8 Å². The van der Waals surface area contributed by atoms with E-state index in [4.69, 9.17) is 9.47 Å². The Balaban J connectivity index is 1.52. The number of anilines is 1. The average Bonchev–Trinajstić information content (AvgIpc) is 2.86. The summed E-state index contributed by atoms with van der Waals surface area (Å²) in [7, 11) is 0. The Morgan fingerprint density at radius 3 is 2.27 bits per heavy atom. The predicted molar refractivity (Wildman–Crippen MR) is 135 cm³/mol. The minimum atomic E-state index is -0.201. The van der Waals surface area contributed by atoms with E-state index in [-0.39, 0.29) is 5.91 Å². The fraction of sp³-hybridized carbons (Fsp3) is 0.107. The molecule has 4 rings (SSSR count). The molecule has 0 saturated heterocycles. The van der Waals surface area contributed by atoms with Crippen LogP contribution < -0.4 is 14.8 Å². The molecule has 0 unspecified atom stereocenters. The van der Waals surface area contributed by atoms with E-state index in [1.807, 2.05) is 91.9 Å². The van der Waals surface area contributed by atoms with Gasteiger partial charge in [0.1, 0.15) is 11.5 Å². The van der Waals surface area contributed by atoms with E-state index in [1.165, 1.54) is 4.90 Å². The predicted octanol–water partition coefficient (Wildman–Crippen LogP) is 7.42. The number of thioether (sulfide) groups is 1. The lowest BCUT2D eigenvalue weighted by Crippen LogP contribution is -2.13. The maximum absolute atomic E-state index is 13.1. The minimum absolute atomic E-state index is 0.201. The van der Waals surface area contributed by atoms with Gasteiger partial charge in [0.25, 0.3) is 5.91 Å². The number of hydrogen-bond donors (Lipinski definition) is 1. The lowest BCUT2D eigenvalue weighted by atomic mass is 10.1. The Bertz CT molecular complexity index is 1200. The number of hydrogen-bond acceptors (Lipinski definition) is 4. The van der Waals surface area contributed by atoms with Crippen LogP contribution in [0.3, 0.4) is 0 Å². The third-order valence-corrected chi connectivity index (χ3v) is 5.93. The third kappa shape index (κ3) is 6.18. The Morgan fingerprint density at radius 1 is 0.818 bits per heavy atom. The van der Waals surface area contributed by atoms with Crippen molar-refractivity contribution in [2.24, 2.45) is 0 Å². The van der Waals surface area contributed by atoms with Crippen molar-refractivity contribution in [3.05, 3.63) is 114 Å². The van der Waals surface area contributed by atoms with Crippen molar-refractivity contribution in [2.45, 2.75) is 17.6 Å². The summed E-state index contributed by atoms with van der Waals surface area (Å²) >= 11 is 1.71. The number of carbonyl (C=O) groups excluding carboxylic acids is 1. The van der Waals surface area contributed by atoms with Gasteiger partial charge in [-0.2, -0.15) is 0 Å². The van der Waals surface area contributed by atoms with Crippen molar-refractivity contribution in [2.75, 3.05) is 11.9 Å². The molecule has 33 heavy (non-hydrogen) atoms. The summed E-state index contributed by atoms with van der Waals surface area (Å²) in [4.78, 5) is 14.3. The smallest absolute Gasteiger partial charge is 0.255 e. The number of benzene rings is 4. The van der Waals surface area contributed by atoms with Crippen molar-refractivity contribution in [3.8, 4) is 17.2 Å². The van der Waals surface area contributed by atoms with Crippen LogP contribution in [0.1, 0.15) is 22.8 Å². The molecule has 4 nitrogen and oxygen atoms in total. The third-order valence-electron chi connectivity index (χ3n) is 4.87. The molecule has 0 radical (unpaired) electrons. The number of ether oxygens (including phenoxy) is 2. The lowest BCUT2D eigenvalue weighted by Gasteiger charge is -2.14. The fourth-order valence-corrected chi connectivity index (χ4v) is 4.17. The minimum Gasteiger partial charge on any atom is -0.494 e. The zero-order chi connectivity index (χ0) is 22.9. The molecule has 1 amide bonds. The van der Waals surface area contributed by atoms with E-state index in [0.717, 1.165) is 11.3 Å². The van der Waals surface area contributed by atoms with Crippen LogP contribution in [-0.2, 0) is 5.75 Å². The molecule has 1 N–H and O–H groups in total. The van der Waals surface area contributed by atoms with Gasteiger partial charge in [0.15, 0.2) is 5.75 Å². The number of rotatable bonds is 9. The molecule has 5 heteroatoms. The highest BCUT2D eigenvalue weighted by molar-refractivity contribution is 7.98. The van der Waals surface area contributed by atoms with Gasteiger partial charge >= 0.3 is 0 Å². The van der Waals surface area contributed by atoms with Gasteiger partial charge in [0.2, 0.25) is 0 Å². The highest BCUT2D eigenvalue weighted by Crippen LogP contribution is 2.31. The van der Waals surface area contributed by atoms with E-state index >= 15 is 0 Å². The van der Waals surface area contributed by atoms with E-state index in [9.17, 15) is 4.79 Å². The van der Waals surface area contributed by atoms with Gasteiger partial charge in [0, 0.05) is 21.8 Å². The molecule has 0 aliphatic heterocycles. The number of nitrogens with one attached hydrogen (secondary N) is 1. The average molecular weight is 456 g/mol. The fourth-order valence-electron chi connectivity index (χ4n) is 3.28. The van der Waals surface area contributed by atoms with Crippen molar-refractivity contribution in [1.82, 2.24) is 0 Å². The first-order valence-electron chi connectivity index (χ1n) is 10.8. The van der Waals surface area contributed by atoms with Crippen LogP contribution in [0.4, 0.5) is 5.69 Å². The second-order valence-electron chi connectivity index (χ2n) is 7.22. The van der Waals surface area contributed by atoms with Crippen LogP contribution >= 0.6 is 11.8 Å². The van der Waals surface area contributed by atoms with Crippen LogP contribution in [0.2, 0.25) is 0 Å². The Hall–Kier alpha value is -3.70. The number of amides is 1. The first-order valence-corrected chi connectivity index (χ1v) is 11.8. The molecule has 4 aromatic carbocycles. The van der Waals surface area contributed by atoms with Crippen LogP contribution in [-0.4, -0.2) is 12.5 Å². The number of carbonyl (C=O) groups is 1. The lowest BCUT2D eigenvalue weighted by molar-refractivity contribution is 0.102. The van der Waals surface area contributed by atoms with E-state index in [2.05, 4.69) is 17.4 Å². The molecule has 0 aromatic heterocycles. The highest BCUT2D eigenvalue weighted by Gasteiger charge is 2.14.